The summed E-state index contributed by atoms with van der Waals surface area (Å²) in [6, 6.07) is 0.580. The van der Waals surface area contributed by atoms with Gasteiger partial charge in [0, 0.05) is 18.3 Å². The molecule has 21 heavy (non-hydrogen) atoms. The lowest BCUT2D eigenvalue weighted by Gasteiger charge is -2.45. The predicted octanol–water partition coefficient (Wildman–Crippen LogP) is 1.84. The van der Waals surface area contributed by atoms with Crippen molar-refractivity contribution >= 4 is 18.3 Å². The van der Waals surface area contributed by atoms with Crippen LogP contribution in [0.15, 0.2) is 12.5 Å². The normalized spacial score (nSPS) is 31.1. The number of carbonyl (C=O) groups is 1. The number of aromatic nitrogens is 2. The molecule has 2 aliphatic carbocycles. The largest absolute Gasteiger partial charge is 0.349 e. The van der Waals surface area contributed by atoms with Crippen LogP contribution in [0.2, 0.25) is 0 Å². The van der Waals surface area contributed by atoms with Gasteiger partial charge in [0.15, 0.2) is 0 Å². The van der Waals surface area contributed by atoms with Crippen molar-refractivity contribution in [2.24, 2.45) is 17.6 Å². The van der Waals surface area contributed by atoms with Crippen molar-refractivity contribution in [2.75, 3.05) is 0 Å². The van der Waals surface area contributed by atoms with E-state index in [2.05, 4.69) is 15.3 Å². The highest BCUT2D eigenvalue weighted by Crippen LogP contribution is 2.39. The van der Waals surface area contributed by atoms with E-state index in [1.165, 1.54) is 25.6 Å². The Morgan fingerprint density at radius 3 is 2.62 bits per heavy atom. The lowest BCUT2D eigenvalue weighted by atomic mass is 9.67. The summed E-state index contributed by atoms with van der Waals surface area (Å²) in [7, 11) is 0. The summed E-state index contributed by atoms with van der Waals surface area (Å²) in [4.78, 5) is 20.5. The van der Waals surface area contributed by atoms with Gasteiger partial charge in [-0.2, -0.15) is 0 Å². The SMILES string of the molecule is Cc1ncncc1C(=O)NC1C2CCCC1CC(N)C2.Cl. The molecule has 116 valence electrons. The fourth-order valence-corrected chi connectivity index (χ4v) is 3.87. The summed E-state index contributed by atoms with van der Waals surface area (Å²) < 4.78 is 0. The molecule has 2 fully saturated rings. The molecular formula is C15H23ClN4O. The quantitative estimate of drug-likeness (QED) is 0.873. The van der Waals surface area contributed by atoms with Crippen LogP contribution in [0.3, 0.4) is 0 Å². The number of aryl methyl sites for hydroxylation is 1. The van der Waals surface area contributed by atoms with E-state index in [1.807, 2.05) is 6.92 Å². The number of nitrogens with zero attached hydrogens (tertiary/aromatic N) is 2. The highest BCUT2D eigenvalue weighted by molar-refractivity contribution is 5.95. The maximum absolute atomic E-state index is 12.4. The van der Waals surface area contributed by atoms with Crippen molar-refractivity contribution in [2.45, 2.75) is 51.1 Å². The van der Waals surface area contributed by atoms with Gasteiger partial charge in [-0.25, -0.2) is 9.97 Å². The number of hydrogen-bond donors (Lipinski definition) is 2. The van der Waals surface area contributed by atoms with Crippen molar-refractivity contribution in [3.8, 4) is 0 Å². The Kier molecular flexibility index (Phi) is 5.17. The summed E-state index contributed by atoms with van der Waals surface area (Å²) in [6.45, 7) is 1.84. The fourth-order valence-electron chi connectivity index (χ4n) is 3.87. The highest BCUT2D eigenvalue weighted by Gasteiger charge is 2.40. The summed E-state index contributed by atoms with van der Waals surface area (Å²) in [5.74, 6) is 1.03. The molecule has 0 aromatic carbocycles. The van der Waals surface area contributed by atoms with Crippen LogP contribution in [0.1, 0.15) is 48.2 Å². The van der Waals surface area contributed by atoms with Gasteiger partial charge in [-0.1, -0.05) is 6.42 Å². The molecule has 6 heteroatoms. The zero-order valence-corrected chi connectivity index (χ0v) is 13.1. The molecule has 0 saturated heterocycles. The Balaban J connectivity index is 0.00000161. The molecule has 2 atom stereocenters. The Labute approximate surface area is 131 Å². The topological polar surface area (TPSA) is 80.9 Å². The number of hydrogen-bond acceptors (Lipinski definition) is 4. The number of rotatable bonds is 2. The molecule has 1 aromatic heterocycles. The molecular weight excluding hydrogens is 288 g/mol. The summed E-state index contributed by atoms with van der Waals surface area (Å²) >= 11 is 0. The van der Waals surface area contributed by atoms with Gasteiger partial charge in [-0.05, 0) is 44.4 Å². The summed E-state index contributed by atoms with van der Waals surface area (Å²) in [6.07, 6.45) is 8.76. The van der Waals surface area contributed by atoms with Crippen molar-refractivity contribution in [3.63, 3.8) is 0 Å². The van der Waals surface area contributed by atoms with Gasteiger partial charge in [-0.3, -0.25) is 4.79 Å². The molecule has 1 heterocycles. The van der Waals surface area contributed by atoms with E-state index in [-0.39, 0.29) is 24.4 Å². The third-order valence-electron chi connectivity index (χ3n) is 4.83. The van der Waals surface area contributed by atoms with E-state index < -0.39 is 0 Å². The second kappa shape index (κ2) is 6.71. The number of nitrogens with two attached hydrogens (primary N) is 1. The van der Waals surface area contributed by atoms with Crippen LogP contribution in [0.4, 0.5) is 0 Å². The minimum atomic E-state index is -0.0412. The first-order valence-corrected chi connectivity index (χ1v) is 7.48. The minimum absolute atomic E-state index is 0. The molecule has 5 nitrogen and oxygen atoms in total. The second-order valence-electron chi connectivity index (χ2n) is 6.20. The van der Waals surface area contributed by atoms with Crippen LogP contribution < -0.4 is 11.1 Å². The second-order valence-corrected chi connectivity index (χ2v) is 6.20. The van der Waals surface area contributed by atoms with E-state index in [0.29, 0.717) is 23.4 Å². The Hall–Kier alpha value is -1.20. The number of halogens is 1. The maximum Gasteiger partial charge on any atom is 0.254 e. The fraction of sp³-hybridized carbons (Fsp3) is 0.667. The standard InChI is InChI=1S/C15H22N4O.ClH/c1-9-13(7-17-8-18-9)15(20)19-14-10-3-2-4-11(14)6-12(16)5-10;/h7-8,10-12,14H,2-6,16H2,1H3,(H,19,20);1H. The van der Waals surface area contributed by atoms with Gasteiger partial charge in [0.25, 0.3) is 5.91 Å². The molecule has 3 rings (SSSR count). The number of fused-ring (bicyclic) bond motifs is 2. The Morgan fingerprint density at radius 1 is 1.33 bits per heavy atom. The van der Waals surface area contributed by atoms with Crippen LogP contribution >= 0.6 is 12.4 Å². The smallest absolute Gasteiger partial charge is 0.254 e. The van der Waals surface area contributed by atoms with Crippen molar-refractivity contribution in [1.82, 2.24) is 15.3 Å². The molecule has 3 N–H and O–H groups in total. The summed E-state index contributed by atoms with van der Waals surface area (Å²) in [5.41, 5.74) is 7.44. The lowest BCUT2D eigenvalue weighted by molar-refractivity contribution is 0.0754. The van der Waals surface area contributed by atoms with E-state index in [9.17, 15) is 4.79 Å². The van der Waals surface area contributed by atoms with Crippen molar-refractivity contribution in [1.29, 1.82) is 0 Å². The van der Waals surface area contributed by atoms with E-state index in [1.54, 1.807) is 6.20 Å². The molecule has 0 radical (unpaired) electrons. The third-order valence-corrected chi connectivity index (χ3v) is 4.83. The van der Waals surface area contributed by atoms with Gasteiger partial charge in [-0.15, -0.1) is 12.4 Å². The van der Waals surface area contributed by atoms with E-state index >= 15 is 0 Å². The van der Waals surface area contributed by atoms with Crippen LogP contribution in [-0.4, -0.2) is 28.0 Å². The molecule has 2 bridgehead atoms. The van der Waals surface area contributed by atoms with Gasteiger partial charge in [0.2, 0.25) is 0 Å². The van der Waals surface area contributed by atoms with Gasteiger partial charge in [0.1, 0.15) is 6.33 Å². The Morgan fingerprint density at radius 2 is 2.00 bits per heavy atom. The molecule has 2 saturated carbocycles. The van der Waals surface area contributed by atoms with Crippen LogP contribution in [0.5, 0.6) is 0 Å². The van der Waals surface area contributed by atoms with Crippen LogP contribution in [0, 0.1) is 18.8 Å². The zero-order chi connectivity index (χ0) is 14.1. The highest BCUT2D eigenvalue weighted by atomic mass is 35.5. The van der Waals surface area contributed by atoms with Crippen molar-refractivity contribution in [3.05, 3.63) is 23.8 Å². The lowest BCUT2D eigenvalue weighted by Crippen LogP contribution is -2.53. The molecule has 2 unspecified atom stereocenters. The van der Waals surface area contributed by atoms with E-state index in [4.69, 9.17) is 5.73 Å². The maximum atomic E-state index is 12.4. The van der Waals surface area contributed by atoms with Gasteiger partial charge in [0.05, 0.1) is 11.3 Å². The van der Waals surface area contributed by atoms with Crippen LogP contribution in [0.25, 0.3) is 0 Å². The third kappa shape index (κ3) is 3.35. The molecule has 1 amide bonds. The average molecular weight is 311 g/mol. The molecule has 1 aromatic rings. The summed E-state index contributed by atoms with van der Waals surface area (Å²) in [5, 5.41) is 3.22. The number of amides is 1. The van der Waals surface area contributed by atoms with Crippen molar-refractivity contribution < 1.29 is 4.79 Å². The average Bonchev–Trinajstić information content (AvgIpc) is 2.40. The minimum Gasteiger partial charge on any atom is -0.349 e. The van der Waals surface area contributed by atoms with Gasteiger partial charge >= 0.3 is 0 Å². The molecule has 2 aliphatic rings. The first-order valence-electron chi connectivity index (χ1n) is 7.48. The van der Waals surface area contributed by atoms with E-state index in [0.717, 1.165) is 18.5 Å². The first-order chi connectivity index (χ1) is 9.65. The predicted molar refractivity (Wildman–Crippen MR) is 83.3 cm³/mol. The number of nitrogens with one attached hydrogen (secondary N) is 1. The Bertz CT molecular complexity index is 496. The molecule has 0 aliphatic heterocycles. The molecule has 0 spiro atoms. The zero-order valence-electron chi connectivity index (χ0n) is 12.3. The monoisotopic (exact) mass is 310 g/mol. The number of carbonyl (C=O) groups excluding carboxylic acids is 1. The van der Waals surface area contributed by atoms with Crippen LogP contribution in [-0.2, 0) is 0 Å². The first kappa shape index (κ1) is 16.2. The van der Waals surface area contributed by atoms with Gasteiger partial charge < -0.3 is 11.1 Å².